The van der Waals surface area contributed by atoms with Crippen LogP contribution in [0.5, 0.6) is 0 Å². The summed E-state index contributed by atoms with van der Waals surface area (Å²) in [6.07, 6.45) is 0. The maximum absolute atomic E-state index is 12.0. The molecule has 1 spiro atoms. The van der Waals surface area contributed by atoms with Crippen molar-refractivity contribution >= 4 is 33.4 Å². The van der Waals surface area contributed by atoms with Crippen molar-refractivity contribution in [1.82, 2.24) is 15.2 Å². The van der Waals surface area contributed by atoms with Crippen LogP contribution in [0.2, 0.25) is 5.02 Å². The Labute approximate surface area is 104 Å². The SMILES string of the molecule is O=C1NC2(CNC2)n2c1c(Cl)cc(Br)c2=O. The molecule has 0 aliphatic carbocycles. The van der Waals surface area contributed by atoms with Crippen molar-refractivity contribution in [2.24, 2.45) is 0 Å². The molecule has 2 aliphatic heterocycles. The number of halogens is 2. The van der Waals surface area contributed by atoms with Gasteiger partial charge in [-0.1, -0.05) is 11.6 Å². The lowest BCUT2D eigenvalue weighted by atomic mass is 10.0. The predicted octanol–water partition coefficient (Wildman–Crippen LogP) is 0.264. The van der Waals surface area contributed by atoms with E-state index in [0.29, 0.717) is 17.6 Å². The highest BCUT2D eigenvalue weighted by Crippen LogP contribution is 2.30. The van der Waals surface area contributed by atoms with Gasteiger partial charge in [-0.05, 0) is 22.0 Å². The van der Waals surface area contributed by atoms with Gasteiger partial charge in [0.1, 0.15) is 11.4 Å². The molecule has 3 heterocycles. The number of carbonyl (C=O) groups is 1. The zero-order chi connectivity index (χ0) is 11.5. The third kappa shape index (κ3) is 1.09. The highest BCUT2D eigenvalue weighted by Gasteiger charge is 2.49. The van der Waals surface area contributed by atoms with Crippen molar-refractivity contribution in [2.45, 2.75) is 5.66 Å². The first-order chi connectivity index (χ1) is 7.55. The lowest BCUT2D eigenvalue weighted by Gasteiger charge is -2.40. The summed E-state index contributed by atoms with van der Waals surface area (Å²) in [6.45, 7) is 1.08. The van der Waals surface area contributed by atoms with E-state index in [1.165, 1.54) is 10.6 Å². The molecule has 1 aromatic rings. The van der Waals surface area contributed by atoms with Crippen molar-refractivity contribution in [3.05, 3.63) is 31.6 Å². The monoisotopic (exact) mass is 303 g/mol. The molecule has 1 fully saturated rings. The van der Waals surface area contributed by atoms with Crippen molar-refractivity contribution in [2.75, 3.05) is 13.1 Å². The van der Waals surface area contributed by atoms with E-state index in [4.69, 9.17) is 11.6 Å². The van der Waals surface area contributed by atoms with Gasteiger partial charge in [0.15, 0.2) is 0 Å². The van der Waals surface area contributed by atoms with Crippen LogP contribution in [0.15, 0.2) is 15.3 Å². The van der Waals surface area contributed by atoms with E-state index < -0.39 is 5.66 Å². The molecule has 7 heteroatoms. The summed E-state index contributed by atoms with van der Waals surface area (Å²) in [5.41, 5.74) is -0.618. The second-order valence-corrected chi connectivity index (χ2v) is 5.18. The minimum atomic E-state index is -0.628. The molecule has 1 amide bonds. The fourth-order valence-corrected chi connectivity index (χ4v) is 2.93. The summed E-state index contributed by atoms with van der Waals surface area (Å²) >= 11 is 9.13. The Kier molecular flexibility index (Phi) is 1.99. The lowest BCUT2D eigenvalue weighted by molar-refractivity contribution is 0.0852. The summed E-state index contributed by atoms with van der Waals surface area (Å²) in [5, 5.41) is 6.12. The Morgan fingerprint density at radius 2 is 2.12 bits per heavy atom. The van der Waals surface area contributed by atoms with Gasteiger partial charge >= 0.3 is 0 Å². The summed E-state index contributed by atoms with van der Waals surface area (Å²) in [4.78, 5) is 23.8. The van der Waals surface area contributed by atoms with Crippen LogP contribution in [0.4, 0.5) is 0 Å². The molecule has 0 saturated carbocycles. The van der Waals surface area contributed by atoms with Crippen molar-refractivity contribution in [3.8, 4) is 0 Å². The van der Waals surface area contributed by atoms with Gasteiger partial charge in [-0.3, -0.25) is 14.2 Å². The van der Waals surface area contributed by atoms with E-state index in [0.717, 1.165) is 0 Å². The molecular formula is C9H7BrClN3O2. The third-order valence-electron chi connectivity index (χ3n) is 2.93. The van der Waals surface area contributed by atoms with Crippen molar-refractivity contribution in [3.63, 3.8) is 0 Å². The Bertz CT molecular complexity index is 565. The molecule has 0 unspecified atom stereocenters. The smallest absolute Gasteiger partial charge is 0.271 e. The molecule has 2 aliphatic rings. The van der Waals surface area contributed by atoms with Gasteiger partial charge in [0.2, 0.25) is 0 Å². The van der Waals surface area contributed by atoms with Crippen molar-refractivity contribution in [1.29, 1.82) is 0 Å². The van der Waals surface area contributed by atoms with E-state index >= 15 is 0 Å². The molecular weight excluding hydrogens is 297 g/mol. The normalized spacial score (nSPS) is 20.5. The summed E-state index contributed by atoms with van der Waals surface area (Å²) in [7, 11) is 0. The van der Waals surface area contributed by atoms with Crippen LogP contribution >= 0.6 is 27.5 Å². The zero-order valence-electron chi connectivity index (χ0n) is 8.01. The number of rotatable bonds is 0. The average Bonchev–Trinajstić information content (AvgIpc) is 2.48. The minimum absolute atomic E-state index is 0.237. The number of fused-ring (bicyclic) bond motifs is 2. The topological polar surface area (TPSA) is 63.1 Å². The van der Waals surface area contributed by atoms with Crippen LogP contribution in [0.25, 0.3) is 0 Å². The highest BCUT2D eigenvalue weighted by molar-refractivity contribution is 9.10. The van der Waals surface area contributed by atoms with Gasteiger partial charge in [-0.25, -0.2) is 0 Å². The molecule has 84 valence electrons. The molecule has 16 heavy (non-hydrogen) atoms. The third-order valence-corrected chi connectivity index (χ3v) is 3.79. The quantitative estimate of drug-likeness (QED) is 0.723. The van der Waals surface area contributed by atoms with Crippen LogP contribution in [-0.4, -0.2) is 23.6 Å². The van der Waals surface area contributed by atoms with Gasteiger partial charge in [0.05, 0.1) is 9.50 Å². The number of hydrogen-bond acceptors (Lipinski definition) is 3. The average molecular weight is 305 g/mol. The highest BCUT2D eigenvalue weighted by atomic mass is 79.9. The predicted molar refractivity (Wildman–Crippen MR) is 61.7 cm³/mol. The fraction of sp³-hybridized carbons (Fsp3) is 0.333. The minimum Gasteiger partial charge on any atom is -0.325 e. The number of nitrogens with one attached hydrogen (secondary N) is 2. The molecule has 0 radical (unpaired) electrons. The van der Waals surface area contributed by atoms with Gasteiger partial charge in [-0.15, -0.1) is 0 Å². The number of amides is 1. The van der Waals surface area contributed by atoms with E-state index in [1.54, 1.807) is 0 Å². The first-order valence-electron chi connectivity index (χ1n) is 4.70. The summed E-state index contributed by atoms with van der Waals surface area (Å²) in [6, 6.07) is 1.46. The molecule has 0 aromatic carbocycles. The maximum atomic E-state index is 12.0. The first kappa shape index (κ1) is 10.3. The van der Waals surface area contributed by atoms with E-state index in [-0.39, 0.29) is 22.2 Å². The molecule has 1 aromatic heterocycles. The Balaban J connectivity index is 2.38. The Morgan fingerprint density at radius 1 is 1.44 bits per heavy atom. The number of carbonyl (C=O) groups excluding carboxylic acids is 1. The second-order valence-electron chi connectivity index (χ2n) is 3.92. The molecule has 1 saturated heterocycles. The maximum Gasteiger partial charge on any atom is 0.271 e. The van der Waals surface area contributed by atoms with E-state index in [2.05, 4.69) is 26.6 Å². The Morgan fingerprint density at radius 3 is 2.69 bits per heavy atom. The molecule has 0 bridgehead atoms. The second kappa shape index (κ2) is 3.09. The molecule has 5 nitrogen and oxygen atoms in total. The van der Waals surface area contributed by atoms with Crippen LogP contribution in [0.1, 0.15) is 10.5 Å². The number of aromatic nitrogens is 1. The molecule has 2 N–H and O–H groups in total. The van der Waals surface area contributed by atoms with Crippen LogP contribution in [-0.2, 0) is 5.66 Å². The van der Waals surface area contributed by atoms with Gasteiger partial charge in [0.25, 0.3) is 11.5 Å². The van der Waals surface area contributed by atoms with Crippen LogP contribution < -0.4 is 16.2 Å². The summed E-state index contributed by atoms with van der Waals surface area (Å²) < 4.78 is 1.81. The van der Waals surface area contributed by atoms with Crippen LogP contribution in [0.3, 0.4) is 0 Å². The number of pyridine rings is 1. The van der Waals surface area contributed by atoms with Gasteiger partial charge < -0.3 is 10.6 Å². The standard InChI is InChI=1S/C9H7BrClN3O2/c10-4-1-5(11)6-7(15)13-9(2-12-3-9)14(6)8(4)16/h1,12H,2-3H2,(H,13,15). The van der Waals surface area contributed by atoms with Crippen molar-refractivity contribution < 1.29 is 4.79 Å². The Hall–Kier alpha value is -0.850. The molecule has 3 rings (SSSR count). The van der Waals surface area contributed by atoms with E-state index in [1.807, 2.05) is 0 Å². The first-order valence-corrected chi connectivity index (χ1v) is 5.87. The fourth-order valence-electron chi connectivity index (χ4n) is 2.11. The number of nitrogens with zero attached hydrogens (tertiary/aromatic N) is 1. The van der Waals surface area contributed by atoms with Gasteiger partial charge in [0, 0.05) is 13.1 Å². The number of hydrogen-bond donors (Lipinski definition) is 2. The zero-order valence-corrected chi connectivity index (χ0v) is 10.4. The summed E-state index contributed by atoms with van der Waals surface area (Å²) in [5.74, 6) is -0.295. The van der Waals surface area contributed by atoms with Gasteiger partial charge in [-0.2, -0.15) is 0 Å². The van der Waals surface area contributed by atoms with Crippen LogP contribution in [0, 0.1) is 0 Å². The molecule has 0 atom stereocenters. The lowest BCUT2D eigenvalue weighted by Crippen LogP contribution is -2.68. The largest absolute Gasteiger partial charge is 0.325 e. The van der Waals surface area contributed by atoms with E-state index in [9.17, 15) is 9.59 Å².